The Morgan fingerprint density at radius 2 is 1.58 bits per heavy atom. The van der Waals surface area contributed by atoms with E-state index < -0.39 is 17.9 Å². The van der Waals surface area contributed by atoms with Crippen LogP contribution in [-0.4, -0.2) is 89.5 Å². The Morgan fingerprint density at radius 3 is 2.29 bits per heavy atom. The van der Waals surface area contributed by atoms with Gasteiger partial charge in [0.2, 0.25) is 0 Å². The molecule has 59 heavy (non-hydrogen) atoms. The second-order valence-electron chi connectivity index (χ2n) is 14.6. The summed E-state index contributed by atoms with van der Waals surface area (Å²) in [4.78, 5) is 13.7. The molecule has 1 aliphatic heterocycles. The van der Waals surface area contributed by atoms with Gasteiger partial charge in [-0.2, -0.15) is 14.4 Å². The number of benzene rings is 4. The molecule has 0 amide bonds. The van der Waals surface area contributed by atoms with E-state index in [1.807, 2.05) is 95.0 Å². The molecule has 13 nitrogen and oxygen atoms in total. The molecule has 0 radical (unpaired) electrons. The molecule has 0 saturated carbocycles. The maximum Gasteiger partial charge on any atom is 0.365 e. The molecule has 1 aliphatic rings. The van der Waals surface area contributed by atoms with E-state index in [-0.39, 0.29) is 6.61 Å². The van der Waals surface area contributed by atoms with Gasteiger partial charge in [0.05, 0.1) is 24.1 Å². The van der Waals surface area contributed by atoms with Gasteiger partial charge in [-0.1, -0.05) is 57.6 Å². The largest absolute Gasteiger partial charge is 0.377 e. The van der Waals surface area contributed by atoms with Gasteiger partial charge in [0.25, 0.3) is 12.1 Å². The number of rotatable bonds is 6. The van der Waals surface area contributed by atoms with Crippen LogP contribution in [0.4, 0.5) is 27.4 Å². The summed E-state index contributed by atoms with van der Waals surface area (Å²) in [5, 5.41) is 37.0. The Morgan fingerprint density at radius 1 is 0.881 bits per heavy atom. The standard InChI is InChI=1S/C43H34Cl2FN10O3/c1-42(57,23-46)13-11-28-18-32(53(3)38-34-9-7-29(44)20-36(34)54-25-47-50-40(54)48-38)22-33(19-28)56-26-55-37-21-30(45)8-10-35(37)39(49-41(55)51-56)52(2)31-6-4-5-27(17-31)12-14-43(58)15-16-59-24-43/h4-10,17-22,25-26,57-58H,15-16,23-24H2,1-3H3/q+1/t42-,43?/m0/s1. The zero-order valence-electron chi connectivity index (χ0n) is 31.9. The van der Waals surface area contributed by atoms with Crippen molar-refractivity contribution in [3.05, 3.63) is 113 Å². The third-order valence-corrected chi connectivity index (χ3v) is 10.6. The van der Waals surface area contributed by atoms with Crippen LogP contribution in [0, 0.1) is 23.7 Å². The summed E-state index contributed by atoms with van der Waals surface area (Å²) < 4.78 is 24.3. The topological polar surface area (TPSA) is 133 Å². The first kappa shape index (κ1) is 38.1. The fourth-order valence-electron chi connectivity index (χ4n) is 6.90. The van der Waals surface area contributed by atoms with Crippen LogP contribution in [0.3, 0.4) is 0 Å². The van der Waals surface area contributed by atoms with E-state index in [4.69, 9.17) is 43.0 Å². The van der Waals surface area contributed by atoms with Crippen molar-refractivity contribution in [3.8, 4) is 29.4 Å². The first-order valence-electron chi connectivity index (χ1n) is 18.4. The number of alkyl halides is 1. The number of anilines is 4. The minimum absolute atomic E-state index is 0.184. The fourth-order valence-corrected chi connectivity index (χ4v) is 7.23. The predicted molar refractivity (Wildman–Crippen MR) is 224 cm³/mol. The van der Waals surface area contributed by atoms with Gasteiger partial charge in [-0.25, -0.2) is 4.39 Å². The highest BCUT2D eigenvalue weighted by molar-refractivity contribution is 6.31. The van der Waals surface area contributed by atoms with Crippen molar-refractivity contribution < 1.29 is 24.0 Å². The van der Waals surface area contributed by atoms with Crippen molar-refractivity contribution >= 4 is 79.6 Å². The van der Waals surface area contributed by atoms with Crippen LogP contribution in [0.1, 0.15) is 24.5 Å². The van der Waals surface area contributed by atoms with Crippen molar-refractivity contribution in [1.82, 2.24) is 34.1 Å². The molecule has 0 bridgehead atoms. The van der Waals surface area contributed by atoms with E-state index in [2.05, 4.69) is 33.9 Å². The Labute approximate surface area is 346 Å². The lowest BCUT2D eigenvalue weighted by Gasteiger charge is -2.21. The molecule has 2 N–H and O–H groups in total. The minimum Gasteiger partial charge on any atom is -0.377 e. The number of halogens is 3. The van der Waals surface area contributed by atoms with E-state index in [1.54, 1.807) is 33.9 Å². The first-order valence-corrected chi connectivity index (χ1v) is 19.2. The van der Waals surface area contributed by atoms with E-state index in [0.29, 0.717) is 63.2 Å². The quantitative estimate of drug-likeness (QED) is 0.148. The van der Waals surface area contributed by atoms with Crippen molar-refractivity contribution in [2.45, 2.75) is 24.5 Å². The summed E-state index contributed by atoms with van der Waals surface area (Å²) in [5.41, 5.74) is 1.76. The fraction of sp³-hybridized carbons (Fsp3) is 0.209. The Balaban J connectivity index is 1.17. The SMILES string of the molecule is CN(c1cc(C#C[C@](C)(O)CF)cc(-[n+]2cn3c(nc(N(C)c4cccc(C#CC5(O)CCOC5)c4)c4ccc(Cl)cc43)n2)c1)c1nc2nncn2c2cc(Cl)ccc12. The second kappa shape index (κ2) is 14.8. The highest BCUT2D eigenvalue weighted by Gasteiger charge is 2.30. The monoisotopic (exact) mass is 827 g/mol. The molecule has 0 aliphatic carbocycles. The van der Waals surface area contributed by atoms with Crippen LogP contribution >= 0.6 is 23.2 Å². The molecule has 1 saturated heterocycles. The van der Waals surface area contributed by atoms with Gasteiger partial charge < -0.3 is 24.7 Å². The molecule has 9 rings (SSSR count). The van der Waals surface area contributed by atoms with Crippen molar-refractivity contribution in [1.29, 1.82) is 0 Å². The van der Waals surface area contributed by atoms with Crippen LogP contribution in [0.15, 0.2) is 91.5 Å². The summed E-state index contributed by atoms with van der Waals surface area (Å²) in [6.07, 6.45) is 3.84. The molecule has 1 fully saturated rings. The van der Waals surface area contributed by atoms with Crippen molar-refractivity contribution in [3.63, 3.8) is 0 Å². The molecule has 2 atom stereocenters. The number of ether oxygens (including phenoxy) is 1. The molecule has 5 heterocycles. The van der Waals surface area contributed by atoms with Gasteiger partial charge in [0.1, 0.15) is 24.3 Å². The van der Waals surface area contributed by atoms with E-state index >= 15 is 0 Å². The van der Waals surface area contributed by atoms with Crippen molar-refractivity contribution in [2.75, 3.05) is 43.8 Å². The number of nitrogens with zero attached hydrogens (tertiary/aromatic N) is 10. The zero-order valence-corrected chi connectivity index (χ0v) is 33.4. The molecule has 1 unspecified atom stereocenters. The molecular formula is C43H34Cl2FN10O3+. The van der Waals surface area contributed by atoms with E-state index in [9.17, 15) is 14.6 Å². The van der Waals surface area contributed by atoms with Gasteiger partial charge in [-0.3, -0.25) is 4.40 Å². The Bertz CT molecular complexity index is 3100. The van der Waals surface area contributed by atoms with Crippen molar-refractivity contribution in [2.24, 2.45) is 0 Å². The minimum atomic E-state index is -1.85. The van der Waals surface area contributed by atoms with Crippen LogP contribution in [0.25, 0.3) is 39.0 Å². The van der Waals surface area contributed by atoms with E-state index in [0.717, 1.165) is 33.1 Å². The van der Waals surface area contributed by atoms with Crippen LogP contribution in [0.5, 0.6) is 0 Å². The molecule has 16 heteroatoms. The maximum atomic E-state index is 13.7. The smallest absolute Gasteiger partial charge is 0.365 e. The Kier molecular flexibility index (Phi) is 9.55. The molecule has 4 aromatic heterocycles. The van der Waals surface area contributed by atoms with Crippen LogP contribution < -0.4 is 14.5 Å². The van der Waals surface area contributed by atoms with Crippen LogP contribution in [0.2, 0.25) is 10.0 Å². The highest BCUT2D eigenvalue weighted by atomic mass is 35.5. The second-order valence-corrected chi connectivity index (χ2v) is 15.4. The van der Waals surface area contributed by atoms with Crippen LogP contribution in [-0.2, 0) is 4.74 Å². The summed E-state index contributed by atoms with van der Waals surface area (Å²) in [7, 11) is 3.77. The lowest BCUT2D eigenvalue weighted by atomic mass is 10.0. The lowest BCUT2D eigenvalue weighted by molar-refractivity contribution is -0.655. The molecule has 4 aromatic carbocycles. The zero-order chi connectivity index (χ0) is 41.1. The average molecular weight is 829 g/mol. The number of fused-ring (bicyclic) bond motifs is 6. The maximum absolute atomic E-state index is 13.7. The average Bonchev–Trinajstić information content (AvgIpc) is 4.02. The summed E-state index contributed by atoms with van der Waals surface area (Å²) in [5.74, 6) is 13.6. The van der Waals surface area contributed by atoms with E-state index in [1.165, 1.54) is 6.92 Å². The first-order chi connectivity index (χ1) is 28.4. The summed E-state index contributed by atoms with van der Waals surface area (Å²) in [6.45, 7) is 0.933. The van der Waals surface area contributed by atoms with Gasteiger partial charge in [0.15, 0.2) is 22.7 Å². The third-order valence-electron chi connectivity index (χ3n) is 10.1. The Hall–Kier alpha value is -6.39. The summed E-state index contributed by atoms with van der Waals surface area (Å²) in [6, 6.07) is 24.3. The van der Waals surface area contributed by atoms with Gasteiger partial charge in [-0.05, 0) is 66.6 Å². The normalized spacial score (nSPS) is 16.2. The van der Waals surface area contributed by atoms with Gasteiger partial charge in [-0.15, -0.1) is 10.2 Å². The number of aliphatic hydroxyl groups is 2. The molecule has 0 spiro atoms. The summed E-state index contributed by atoms with van der Waals surface area (Å²) >= 11 is 13.0. The van der Waals surface area contributed by atoms with Gasteiger partial charge in [0, 0.05) is 76.6 Å². The molecule has 8 aromatic rings. The number of hydrogen-bond donors (Lipinski definition) is 2. The predicted octanol–water partition coefficient (Wildman–Crippen LogP) is 6.17. The lowest BCUT2D eigenvalue weighted by Crippen LogP contribution is -2.32. The molecule has 294 valence electrons. The highest BCUT2D eigenvalue weighted by Crippen LogP contribution is 2.34. The number of aromatic nitrogens is 8. The molecular weight excluding hydrogens is 794 g/mol. The third kappa shape index (κ3) is 7.33. The number of hydrogen-bond acceptors (Lipinski definition) is 10. The van der Waals surface area contributed by atoms with Gasteiger partial charge >= 0.3 is 5.78 Å².